The number of anilines is 1. The summed E-state index contributed by atoms with van der Waals surface area (Å²) in [4.78, 5) is 30.2. The van der Waals surface area contributed by atoms with E-state index in [1.54, 1.807) is 23.6 Å². The summed E-state index contributed by atoms with van der Waals surface area (Å²) in [5.74, 6) is 0.555. The largest absolute Gasteiger partial charge is 0.378 e. The van der Waals surface area contributed by atoms with Gasteiger partial charge >= 0.3 is 0 Å². The monoisotopic (exact) mass is 458 g/mol. The Hall–Kier alpha value is -2.41. The smallest absolute Gasteiger partial charge is 0.270 e. The topological polar surface area (TPSA) is 78.6 Å². The third-order valence-electron chi connectivity index (χ3n) is 5.35. The van der Waals surface area contributed by atoms with E-state index < -0.39 is 0 Å². The molecule has 0 saturated carbocycles. The van der Waals surface area contributed by atoms with Crippen LogP contribution in [0, 0.1) is 18.3 Å². The summed E-state index contributed by atoms with van der Waals surface area (Å²) in [6.45, 7) is 10.8. The van der Waals surface area contributed by atoms with Gasteiger partial charge in [0.2, 0.25) is 0 Å². The summed E-state index contributed by atoms with van der Waals surface area (Å²) >= 11 is 6.59. The summed E-state index contributed by atoms with van der Waals surface area (Å²) < 4.78 is 7.67. The molecular formula is C22H26N4O3S2. The second-order valence-electron chi connectivity index (χ2n) is 7.34. The van der Waals surface area contributed by atoms with E-state index in [9.17, 15) is 14.9 Å². The number of nitriles is 1. The molecule has 7 nitrogen and oxygen atoms in total. The zero-order chi connectivity index (χ0) is 22.5. The molecular weight excluding hydrogens is 432 g/mol. The van der Waals surface area contributed by atoms with Gasteiger partial charge in [0.05, 0.1) is 18.1 Å². The number of hydrogen-bond acceptors (Lipinski definition) is 7. The highest BCUT2D eigenvalue weighted by Gasteiger charge is 2.32. The van der Waals surface area contributed by atoms with Crippen molar-refractivity contribution in [3.8, 4) is 6.07 Å². The molecule has 0 bridgehead atoms. The molecule has 0 atom stereocenters. The second kappa shape index (κ2) is 10.3. The Morgan fingerprint density at radius 2 is 2.03 bits per heavy atom. The number of carbonyl (C=O) groups is 1. The van der Waals surface area contributed by atoms with Crippen LogP contribution in [0.5, 0.6) is 0 Å². The molecule has 1 amide bonds. The standard InChI is InChI=1S/C22H26N4O3S2/c1-4-6-8-25-19(24-9-11-29-12-10-24)16(15(3)17(14-23)20(25)27)13-18-21(28)26(7-5-2)22(30)31-18/h5,13H,2,4,6-12H2,1,3H3/b18-13-. The van der Waals surface area contributed by atoms with Gasteiger partial charge in [-0.3, -0.25) is 19.1 Å². The first-order valence-corrected chi connectivity index (χ1v) is 11.5. The Balaban J connectivity index is 2.23. The molecule has 0 radical (unpaired) electrons. The maximum absolute atomic E-state index is 13.2. The molecule has 1 aromatic rings. The number of thiocarbonyl (C=S) groups is 1. The third kappa shape index (κ3) is 4.61. The highest BCUT2D eigenvalue weighted by Crippen LogP contribution is 2.36. The number of morpholine rings is 1. The van der Waals surface area contributed by atoms with Gasteiger partial charge in [-0.25, -0.2) is 0 Å². The van der Waals surface area contributed by atoms with Gasteiger partial charge in [0.1, 0.15) is 21.8 Å². The van der Waals surface area contributed by atoms with Crippen LogP contribution in [0.15, 0.2) is 22.4 Å². The van der Waals surface area contributed by atoms with Gasteiger partial charge in [-0.05, 0) is 25.0 Å². The molecule has 3 rings (SSSR count). The fourth-order valence-corrected chi connectivity index (χ4v) is 4.96. The predicted octanol–water partition coefficient (Wildman–Crippen LogP) is 3.05. The van der Waals surface area contributed by atoms with Gasteiger partial charge in [-0.1, -0.05) is 43.4 Å². The third-order valence-corrected chi connectivity index (χ3v) is 6.73. The number of nitrogens with zero attached hydrogens (tertiary/aromatic N) is 4. The quantitative estimate of drug-likeness (QED) is 0.353. The Kier molecular flexibility index (Phi) is 7.70. The lowest BCUT2D eigenvalue weighted by molar-refractivity contribution is -0.121. The fourth-order valence-electron chi connectivity index (χ4n) is 3.70. The zero-order valence-electron chi connectivity index (χ0n) is 17.8. The molecule has 2 aliphatic heterocycles. The van der Waals surface area contributed by atoms with E-state index >= 15 is 0 Å². The Labute approximate surface area is 192 Å². The summed E-state index contributed by atoms with van der Waals surface area (Å²) in [7, 11) is 0. The van der Waals surface area contributed by atoms with Crippen LogP contribution in [-0.2, 0) is 16.1 Å². The van der Waals surface area contributed by atoms with Crippen molar-refractivity contribution in [2.24, 2.45) is 0 Å². The van der Waals surface area contributed by atoms with Crippen molar-refractivity contribution in [3.63, 3.8) is 0 Å². The Bertz CT molecular complexity index is 1030. The van der Waals surface area contributed by atoms with Gasteiger partial charge in [-0.15, -0.1) is 6.58 Å². The van der Waals surface area contributed by atoms with E-state index in [0.29, 0.717) is 59.7 Å². The minimum absolute atomic E-state index is 0.112. The average Bonchev–Trinajstić information content (AvgIpc) is 3.03. The van der Waals surface area contributed by atoms with E-state index in [1.807, 2.05) is 0 Å². The van der Waals surface area contributed by atoms with Gasteiger partial charge < -0.3 is 9.64 Å². The molecule has 0 aliphatic carbocycles. The molecule has 1 aromatic heterocycles. The maximum Gasteiger partial charge on any atom is 0.270 e. The number of amides is 1. The van der Waals surface area contributed by atoms with Gasteiger partial charge in [0, 0.05) is 31.7 Å². The van der Waals surface area contributed by atoms with E-state index in [2.05, 4.69) is 24.5 Å². The molecule has 2 aliphatic rings. The van der Waals surface area contributed by atoms with Crippen molar-refractivity contribution in [2.45, 2.75) is 33.2 Å². The molecule has 0 N–H and O–H groups in total. The SMILES string of the molecule is C=CCN1C(=O)/C(=C/c2c(C)c(C#N)c(=O)n(CCCC)c2N2CCOCC2)SC1=S. The molecule has 31 heavy (non-hydrogen) atoms. The van der Waals surface area contributed by atoms with E-state index in [-0.39, 0.29) is 17.0 Å². The number of thioether (sulfide) groups is 1. The zero-order valence-corrected chi connectivity index (χ0v) is 19.5. The van der Waals surface area contributed by atoms with Crippen molar-refractivity contribution in [1.82, 2.24) is 9.47 Å². The van der Waals surface area contributed by atoms with Crippen LogP contribution in [0.25, 0.3) is 6.08 Å². The van der Waals surface area contributed by atoms with Crippen LogP contribution in [0.3, 0.4) is 0 Å². The molecule has 3 heterocycles. The summed E-state index contributed by atoms with van der Waals surface area (Å²) in [5, 5.41) is 9.71. The average molecular weight is 459 g/mol. The molecule has 0 unspecified atom stereocenters. The minimum Gasteiger partial charge on any atom is -0.378 e. The number of ether oxygens (including phenoxy) is 1. The van der Waals surface area contributed by atoms with E-state index in [0.717, 1.165) is 18.7 Å². The Morgan fingerprint density at radius 3 is 2.65 bits per heavy atom. The number of unbranched alkanes of at least 4 members (excludes halogenated alkanes) is 1. The summed E-state index contributed by atoms with van der Waals surface area (Å²) in [6.07, 6.45) is 5.15. The molecule has 2 fully saturated rings. The van der Waals surface area contributed by atoms with Crippen molar-refractivity contribution in [3.05, 3.63) is 44.6 Å². The highest BCUT2D eigenvalue weighted by molar-refractivity contribution is 8.26. The highest BCUT2D eigenvalue weighted by atomic mass is 32.2. The van der Waals surface area contributed by atoms with Gasteiger partial charge in [0.25, 0.3) is 11.5 Å². The lowest BCUT2D eigenvalue weighted by atomic mass is 10.0. The number of hydrogen-bond donors (Lipinski definition) is 0. The number of pyridine rings is 1. The van der Waals surface area contributed by atoms with Crippen LogP contribution in [0.2, 0.25) is 0 Å². The van der Waals surface area contributed by atoms with Crippen LogP contribution in [0.4, 0.5) is 5.82 Å². The molecule has 9 heteroatoms. The molecule has 0 aromatic carbocycles. The molecule has 2 saturated heterocycles. The first-order chi connectivity index (χ1) is 14.9. The maximum atomic E-state index is 13.2. The number of aromatic nitrogens is 1. The summed E-state index contributed by atoms with van der Waals surface area (Å²) in [6, 6.07) is 2.08. The normalized spacial score (nSPS) is 18.0. The van der Waals surface area contributed by atoms with Crippen LogP contribution < -0.4 is 10.5 Å². The van der Waals surface area contributed by atoms with Crippen LogP contribution >= 0.6 is 24.0 Å². The number of rotatable bonds is 7. The fraction of sp³-hybridized carbons (Fsp3) is 0.455. The minimum atomic E-state index is -0.286. The number of carbonyl (C=O) groups excluding carboxylic acids is 1. The van der Waals surface area contributed by atoms with Crippen molar-refractivity contribution >= 4 is 46.1 Å². The Morgan fingerprint density at radius 1 is 1.32 bits per heavy atom. The van der Waals surface area contributed by atoms with Crippen molar-refractivity contribution < 1.29 is 9.53 Å². The predicted molar refractivity (Wildman–Crippen MR) is 128 cm³/mol. The molecule has 0 spiro atoms. The van der Waals surface area contributed by atoms with E-state index in [4.69, 9.17) is 17.0 Å². The lowest BCUT2D eigenvalue weighted by Crippen LogP contribution is -2.41. The van der Waals surface area contributed by atoms with E-state index in [1.165, 1.54) is 16.7 Å². The summed E-state index contributed by atoms with van der Waals surface area (Å²) in [5.41, 5.74) is 1.12. The van der Waals surface area contributed by atoms with Crippen molar-refractivity contribution in [1.29, 1.82) is 5.26 Å². The van der Waals surface area contributed by atoms with Crippen molar-refractivity contribution in [2.75, 3.05) is 37.7 Å². The first-order valence-electron chi connectivity index (χ1n) is 10.3. The first kappa shape index (κ1) is 23.3. The lowest BCUT2D eigenvalue weighted by Gasteiger charge is -2.33. The van der Waals surface area contributed by atoms with Gasteiger partial charge in [-0.2, -0.15) is 5.26 Å². The van der Waals surface area contributed by atoms with Gasteiger partial charge in [0.15, 0.2) is 0 Å². The van der Waals surface area contributed by atoms with Crippen LogP contribution in [0.1, 0.15) is 36.5 Å². The second-order valence-corrected chi connectivity index (χ2v) is 9.02. The molecule has 164 valence electrons. The van der Waals surface area contributed by atoms with Crippen LogP contribution in [-0.4, -0.2) is 52.5 Å².